The average Bonchev–Trinajstić information content (AvgIpc) is 2.96. The summed E-state index contributed by atoms with van der Waals surface area (Å²) in [6.45, 7) is 1.91. The highest BCUT2D eigenvalue weighted by atomic mass is 16.2. The molecule has 0 saturated heterocycles. The quantitative estimate of drug-likeness (QED) is 0.300. The van der Waals surface area contributed by atoms with E-state index in [4.69, 9.17) is 6.42 Å². The van der Waals surface area contributed by atoms with Gasteiger partial charge in [-0.25, -0.2) is 4.79 Å². The zero-order valence-electron chi connectivity index (χ0n) is 20.8. The number of hydrogen-bond acceptors (Lipinski definition) is 4. The first kappa shape index (κ1) is 29.0. The number of amides is 4. The Balaban J connectivity index is 2.60. The minimum atomic E-state index is -0.611. The first-order valence-electron chi connectivity index (χ1n) is 12.1. The summed E-state index contributed by atoms with van der Waals surface area (Å²) >= 11 is 0. The van der Waals surface area contributed by atoms with Crippen LogP contribution in [-0.4, -0.2) is 61.3 Å². The van der Waals surface area contributed by atoms with Crippen LogP contribution in [0.1, 0.15) is 64.7 Å². The summed E-state index contributed by atoms with van der Waals surface area (Å²) in [6.07, 6.45) is 19.1. The van der Waals surface area contributed by atoms with Crippen molar-refractivity contribution in [3.63, 3.8) is 0 Å². The lowest BCUT2D eigenvalue weighted by Crippen LogP contribution is -2.53. The molecule has 1 aliphatic carbocycles. The third-order valence-electron chi connectivity index (χ3n) is 5.97. The Morgan fingerprint density at radius 2 is 1.74 bits per heavy atom. The summed E-state index contributed by atoms with van der Waals surface area (Å²) in [7, 11) is 3.25. The van der Waals surface area contributed by atoms with Crippen molar-refractivity contribution in [2.24, 2.45) is 5.92 Å². The molecule has 8 heteroatoms. The van der Waals surface area contributed by atoms with Crippen LogP contribution in [0.2, 0.25) is 0 Å². The normalized spacial score (nSPS) is 17.5. The molecule has 3 N–H and O–H groups in total. The molecular formula is C26H40N4O4. The van der Waals surface area contributed by atoms with Gasteiger partial charge in [-0.1, -0.05) is 24.3 Å². The van der Waals surface area contributed by atoms with Gasteiger partial charge in [0.1, 0.15) is 6.04 Å². The molecule has 0 aliphatic heterocycles. The fraction of sp³-hybridized carbons (Fsp3) is 0.615. The predicted molar refractivity (Wildman–Crippen MR) is 134 cm³/mol. The van der Waals surface area contributed by atoms with Crippen molar-refractivity contribution in [2.45, 2.75) is 76.8 Å². The van der Waals surface area contributed by atoms with E-state index < -0.39 is 12.1 Å². The maximum absolute atomic E-state index is 13.2. The lowest BCUT2D eigenvalue weighted by atomic mass is 9.89. The van der Waals surface area contributed by atoms with Gasteiger partial charge in [-0.05, 0) is 57.8 Å². The second kappa shape index (κ2) is 16.5. The van der Waals surface area contributed by atoms with Crippen LogP contribution < -0.4 is 16.0 Å². The maximum Gasteiger partial charge on any atom is 0.315 e. The van der Waals surface area contributed by atoms with Crippen molar-refractivity contribution >= 4 is 23.6 Å². The zero-order valence-corrected chi connectivity index (χ0v) is 20.8. The molecule has 2 atom stereocenters. The molecule has 0 radical (unpaired) electrons. The number of ketones is 1. The highest BCUT2D eigenvalue weighted by Crippen LogP contribution is 2.22. The zero-order chi connectivity index (χ0) is 25.3. The molecule has 8 nitrogen and oxygen atoms in total. The van der Waals surface area contributed by atoms with Crippen LogP contribution in [0.4, 0.5) is 4.79 Å². The highest BCUT2D eigenvalue weighted by molar-refractivity contribution is 5.88. The van der Waals surface area contributed by atoms with Gasteiger partial charge < -0.3 is 20.9 Å². The standard InChI is InChI=1S/C26H40N4O4/c1-5-6-17-22(20(2)31)28-23(32)18-13-14-19-30(4)25(33)24(29-26(34)27-3)21-15-11-9-7-8-10-12-16-21/h1,7-10,21-22,24H,6,11-19H2,2-4H3,(H,28,32)(H2,27,29,34)/b9-7-,10-8-. The molecule has 0 bridgehead atoms. The number of rotatable bonds is 12. The highest BCUT2D eigenvalue weighted by Gasteiger charge is 2.31. The molecule has 34 heavy (non-hydrogen) atoms. The van der Waals surface area contributed by atoms with Gasteiger partial charge >= 0.3 is 6.03 Å². The molecular weight excluding hydrogens is 432 g/mol. The average molecular weight is 473 g/mol. The van der Waals surface area contributed by atoms with E-state index in [1.54, 1.807) is 11.9 Å². The maximum atomic E-state index is 13.2. The van der Waals surface area contributed by atoms with E-state index in [-0.39, 0.29) is 36.0 Å². The number of allylic oxidation sites excluding steroid dienone is 4. The van der Waals surface area contributed by atoms with Gasteiger partial charge in [0, 0.05) is 33.5 Å². The van der Waals surface area contributed by atoms with Gasteiger partial charge in [-0.2, -0.15) is 0 Å². The van der Waals surface area contributed by atoms with Gasteiger partial charge in [-0.15, -0.1) is 12.3 Å². The number of unbranched alkanes of at least 4 members (excludes halogenated alkanes) is 1. The van der Waals surface area contributed by atoms with Crippen LogP contribution in [-0.2, 0) is 14.4 Å². The number of urea groups is 1. The summed E-state index contributed by atoms with van der Waals surface area (Å²) in [5.74, 6) is 2.07. The fourth-order valence-electron chi connectivity index (χ4n) is 3.90. The number of carbonyl (C=O) groups is 4. The summed E-state index contributed by atoms with van der Waals surface area (Å²) in [5, 5.41) is 8.12. The Bertz CT molecular complexity index is 768. The minimum Gasteiger partial charge on any atom is -0.346 e. The second-order valence-electron chi connectivity index (χ2n) is 8.66. The van der Waals surface area contributed by atoms with E-state index in [0.29, 0.717) is 32.2 Å². The van der Waals surface area contributed by atoms with Crippen molar-refractivity contribution in [3.05, 3.63) is 24.3 Å². The third-order valence-corrected chi connectivity index (χ3v) is 5.97. The van der Waals surface area contributed by atoms with Gasteiger partial charge in [0.25, 0.3) is 0 Å². The molecule has 0 aromatic heterocycles. The number of nitrogens with one attached hydrogen (secondary N) is 3. The first-order valence-corrected chi connectivity index (χ1v) is 12.1. The van der Waals surface area contributed by atoms with E-state index in [1.165, 1.54) is 14.0 Å². The van der Waals surface area contributed by atoms with Crippen molar-refractivity contribution < 1.29 is 19.2 Å². The third kappa shape index (κ3) is 11.2. The van der Waals surface area contributed by atoms with E-state index in [9.17, 15) is 19.2 Å². The topological polar surface area (TPSA) is 108 Å². The van der Waals surface area contributed by atoms with Crippen LogP contribution >= 0.6 is 0 Å². The number of nitrogens with zero attached hydrogens (tertiary/aromatic N) is 1. The first-order chi connectivity index (χ1) is 16.3. The molecule has 0 fully saturated rings. The lowest BCUT2D eigenvalue weighted by molar-refractivity contribution is -0.133. The monoisotopic (exact) mass is 472 g/mol. The van der Waals surface area contributed by atoms with Gasteiger partial charge in [0.05, 0.1) is 6.04 Å². The summed E-state index contributed by atoms with van der Waals surface area (Å²) < 4.78 is 0. The molecule has 0 aromatic rings. The molecule has 188 valence electrons. The predicted octanol–water partition coefficient (Wildman–Crippen LogP) is 2.70. The fourth-order valence-corrected chi connectivity index (χ4v) is 3.90. The largest absolute Gasteiger partial charge is 0.346 e. The molecule has 1 aliphatic rings. The van der Waals surface area contributed by atoms with Crippen LogP contribution in [0.25, 0.3) is 0 Å². The van der Waals surface area contributed by atoms with Gasteiger partial charge in [-0.3, -0.25) is 14.4 Å². The SMILES string of the molecule is C#CCCC(NC(=O)CCCCN(C)C(=O)C(NC(=O)NC)C1CC/C=C\C=C/CC1)C(C)=O. The van der Waals surface area contributed by atoms with Gasteiger partial charge in [0.15, 0.2) is 5.78 Å². The van der Waals surface area contributed by atoms with Crippen LogP contribution in [0.3, 0.4) is 0 Å². The van der Waals surface area contributed by atoms with Gasteiger partial charge in [0.2, 0.25) is 11.8 Å². The molecule has 1 rings (SSSR count). The molecule has 2 unspecified atom stereocenters. The van der Waals surface area contributed by atoms with E-state index >= 15 is 0 Å². The number of terminal acetylenes is 1. The van der Waals surface area contributed by atoms with Crippen molar-refractivity contribution in [1.29, 1.82) is 0 Å². The smallest absolute Gasteiger partial charge is 0.315 e. The summed E-state index contributed by atoms with van der Waals surface area (Å²) in [6, 6.07) is -1.54. The molecule has 0 aromatic carbocycles. The Morgan fingerprint density at radius 3 is 2.29 bits per heavy atom. The molecule has 0 heterocycles. The Hall–Kier alpha value is -3.08. The Kier molecular flexibility index (Phi) is 14.1. The van der Waals surface area contributed by atoms with Crippen LogP contribution in [0.5, 0.6) is 0 Å². The van der Waals surface area contributed by atoms with Crippen molar-refractivity contribution in [1.82, 2.24) is 20.9 Å². The summed E-state index contributed by atoms with van der Waals surface area (Å²) in [5.41, 5.74) is 0. The number of Topliss-reactive ketones (excluding diaryl/α,β-unsaturated/α-hetero) is 1. The number of carbonyl (C=O) groups excluding carboxylic acids is 4. The molecule has 4 amide bonds. The van der Waals surface area contributed by atoms with Crippen molar-refractivity contribution in [3.8, 4) is 12.3 Å². The Labute approximate surface area is 204 Å². The van der Waals surface area contributed by atoms with E-state index in [1.807, 2.05) is 12.2 Å². The van der Waals surface area contributed by atoms with Crippen LogP contribution in [0, 0.1) is 18.3 Å². The van der Waals surface area contributed by atoms with E-state index in [2.05, 4.69) is 34.0 Å². The molecule has 0 spiro atoms. The Morgan fingerprint density at radius 1 is 1.09 bits per heavy atom. The lowest BCUT2D eigenvalue weighted by Gasteiger charge is -2.30. The molecule has 0 saturated carbocycles. The van der Waals surface area contributed by atoms with E-state index in [0.717, 1.165) is 25.7 Å². The number of likely N-dealkylation sites (N-methyl/N-ethyl adjacent to an activating group) is 1. The number of hydrogen-bond donors (Lipinski definition) is 3. The second-order valence-corrected chi connectivity index (χ2v) is 8.66. The van der Waals surface area contributed by atoms with Crippen LogP contribution in [0.15, 0.2) is 24.3 Å². The summed E-state index contributed by atoms with van der Waals surface area (Å²) in [4.78, 5) is 50.8. The van der Waals surface area contributed by atoms with Crippen molar-refractivity contribution in [2.75, 3.05) is 20.6 Å². The minimum absolute atomic E-state index is 0.0250.